The Morgan fingerprint density at radius 3 is 2.76 bits per heavy atom. The first-order chi connectivity index (χ1) is 7.95. The molecule has 0 amide bonds. The van der Waals surface area contributed by atoms with Gasteiger partial charge in [0, 0.05) is 6.54 Å². The summed E-state index contributed by atoms with van der Waals surface area (Å²) in [5.41, 5.74) is -0.567. The van der Waals surface area contributed by atoms with E-state index in [1.165, 1.54) is 32.4 Å². The summed E-state index contributed by atoms with van der Waals surface area (Å²) >= 11 is 0. The molecule has 0 radical (unpaired) electrons. The molecule has 0 spiro atoms. The maximum absolute atomic E-state index is 11.0. The summed E-state index contributed by atoms with van der Waals surface area (Å²) < 4.78 is 0. The van der Waals surface area contributed by atoms with Crippen LogP contribution in [-0.2, 0) is 4.79 Å². The fraction of sp³-hybridized carbons (Fsp3) is 0.929. The first kappa shape index (κ1) is 14.5. The summed E-state index contributed by atoms with van der Waals surface area (Å²) in [6, 6.07) is 0. The van der Waals surface area contributed by atoms with Crippen LogP contribution in [0.3, 0.4) is 0 Å². The van der Waals surface area contributed by atoms with E-state index in [0.29, 0.717) is 0 Å². The van der Waals surface area contributed by atoms with Crippen LogP contribution < -0.4 is 0 Å². The van der Waals surface area contributed by atoms with Gasteiger partial charge in [0.15, 0.2) is 0 Å². The third-order valence-corrected chi connectivity index (χ3v) is 3.92. The summed E-state index contributed by atoms with van der Waals surface area (Å²) in [7, 11) is 0. The number of carbonyl (C=O) groups is 1. The van der Waals surface area contributed by atoms with Crippen molar-refractivity contribution >= 4 is 5.97 Å². The zero-order valence-electron chi connectivity index (χ0n) is 11.5. The molecule has 3 nitrogen and oxygen atoms in total. The summed E-state index contributed by atoms with van der Waals surface area (Å²) in [6.45, 7) is 9.38. The van der Waals surface area contributed by atoms with Crippen LogP contribution in [0.4, 0.5) is 0 Å². The fourth-order valence-corrected chi connectivity index (χ4v) is 2.61. The zero-order chi connectivity index (χ0) is 12.9. The third kappa shape index (κ3) is 4.66. The molecule has 0 aliphatic carbocycles. The molecule has 1 saturated heterocycles. The topological polar surface area (TPSA) is 40.5 Å². The van der Waals surface area contributed by atoms with Crippen molar-refractivity contribution in [1.29, 1.82) is 0 Å². The molecule has 0 aromatic rings. The number of rotatable bonds is 7. The van der Waals surface area contributed by atoms with Crippen molar-refractivity contribution in [1.82, 2.24) is 4.90 Å². The highest BCUT2D eigenvalue weighted by atomic mass is 16.4. The number of carboxylic acid groups (broad SMARTS) is 1. The molecule has 0 aromatic carbocycles. The molecule has 3 heteroatoms. The van der Waals surface area contributed by atoms with Crippen LogP contribution in [0.25, 0.3) is 0 Å². The molecule has 1 heterocycles. The lowest BCUT2D eigenvalue weighted by atomic mass is 9.88. The van der Waals surface area contributed by atoms with Gasteiger partial charge in [-0.15, -0.1) is 0 Å². The molecule has 0 bridgehead atoms. The molecule has 0 saturated carbocycles. The van der Waals surface area contributed by atoms with E-state index in [4.69, 9.17) is 5.11 Å². The SMILES string of the molecule is CCCC1CCN(CCCC(C)(C)C(=O)O)C1. The average molecular weight is 241 g/mol. The smallest absolute Gasteiger partial charge is 0.309 e. The minimum Gasteiger partial charge on any atom is -0.481 e. The fourth-order valence-electron chi connectivity index (χ4n) is 2.61. The van der Waals surface area contributed by atoms with Crippen LogP contribution in [0.15, 0.2) is 0 Å². The molecule has 1 atom stereocenters. The van der Waals surface area contributed by atoms with E-state index in [1.54, 1.807) is 0 Å². The van der Waals surface area contributed by atoms with Crippen LogP contribution in [0.5, 0.6) is 0 Å². The van der Waals surface area contributed by atoms with Gasteiger partial charge in [-0.1, -0.05) is 13.3 Å². The van der Waals surface area contributed by atoms with Crippen molar-refractivity contribution < 1.29 is 9.90 Å². The van der Waals surface area contributed by atoms with E-state index in [-0.39, 0.29) is 0 Å². The van der Waals surface area contributed by atoms with Gasteiger partial charge in [-0.25, -0.2) is 0 Å². The van der Waals surface area contributed by atoms with E-state index in [9.17, 15) is 4.79 Å². The van der Waals surface area contributed by atoms with Crippen molar-refractivity contribution in [2.24, 2.45) is 11.3 Å². The van der Waals surface area contributed by atoms with Crippen molar-refractivity contribution in [3.8, 4) is 0 Å². The van der Waals surface area contributed by atoms with Gasteiger partial charge in [-0.2, -0.15) is 0 Å². The second-order valence-electron chi connectivity index (χ2n) is 6.04. The van der Waals surface area contributed by atoms with E-state index < -0.39 is 11.4 Å². The molecular formula is C14H27NO2. The normalized spacial score (nSPS) is 21.9. The van der Waals surface area contributed by atoms with Crippen molar-refractivity contribution in [3.05, 3.63) is 0 Å². The van der Waals surface area contributed by atoms with Gasteiger partial charge in [0.2, 0.25) is 0 Å². The number of carboxylic acids is 1. The summed E-state index contributed by atoms with van der Waals surface area (Å²) in [5.74, 6) is 0.204. The van der Waals surface area contributed by atoms with Gasteiger partial charge >= 0.3 is 5.97 Å². The number of hydrogen-bond donors (Lipinski definition) is 1. The number of likely N-dealkylation sites (tertiary alicyclic amines) is 1. The third-order valence-electron chi connectivity index (χ3n) is 3.92. The minimum atomic E-state index is -0.678. The van der Waals surface area contributed by atoms with Crippen molar-refractivity contribution in [2.45, 2.75) is 52.9 Å². The zero-order valence-corrected chi connectivity index (χ0v) is 11.5. The predicted molar refractivity (Wildman–Crippen MR) is 70.1 cm³/mol. The Morgan fingerprint density at radius 1 is 1.47 bits per heavy atom. The highest BCUT2D eigenvalue weighted by molar-refractivity contribution is 5.73. The Hall–Kier alpha value is -0.570. The van der Waals surface area contributed by atoms with E-state index in [2.05, 4.69) is 11.8 Å². The molecule has 100 valence electrons. The van der Waals surface area contributed by atoms with Gasteiger partial charge in [0.1, 0.15) is 0 Å². The minimum absolute atomic E-state index is 0.567. The quantitative estimate of drug-likeness (QED) is 0.745. The van der Waals surface area contributed by atoms with Gasteiger partial charge < -0.3 is 10.0 Å². The van der Waals surface area contributed by atoms with Crippen LogP contribution in [0.2, 0.25) is 0 Å². The van der Waals surface area contributed by atoms with Crippen LogP contribution in [0.1, 0.15) is 52.9 Å². The molecule has 1 aliphatic heterocycles. The number of hydrogen-bond acceptors (Lipinski definition) is 2. The maximum Gasteiger partial charge on any atom is 0.309 e. The lowest BCUT2D eigenvalue weighted by Gasteiger charge is -2.21. The number of nitrogens with zero attached hydrogens (tertiary/aromatic N) is 1. The summed E-state index contributed by atoms with van der Waals surface area (Å²) in [4.78, 5) is 13.5. The van der Waals surface area contributed by atoms with Crippen LogP contribution >= 0.6 is 0 Å². The molecule has 17 heavy (non-hydrogen) atoms. The lowest BCUT2D eigenvalue weighted by molar-refractivity contribution is -0.147. The second kappa shape index (κ2) is 6.39. The first-order valence-electron chi connectivity index (χ1n) is 6.91. The highest BCUT2D eigenvalue weighted by Crippen LogP contribution is 2.25. The van der Waals surface area contributed by atoms with Crippen molar-refractivity contribution in [3.63, 3.8) is 0 Å². The summed E-state index contributed by atoms with van der Waals surface area (Å²) in [6.07, 6.45) is 5.73. The number of aliphatic carboxylic acids is 1. The standard InChI is InChI=1S/C14H27NO2/c1-4-6-12-7-10-15(11-12)9-5-8-14(2,3)13(16)17/h12H,4-11H2,1-3H3,(H,16,17). The Kier molecular flexibility index (Phi) is 5.44. The van der Waals surface area contributed by atoms with Crippen molar-refractivity contribution in [2.75, 3.05) is 19.6 Å². The van der Waals surface area contributed by atoms with Crippen LogP contribution in [-0.4, -0.2) is 35.6 Å². The average Bonchev–Trinajstić information content (AvgIpc) is 2.66. The Labute approximate surface area is 105 Å². The molecule has 0 aromatic heterocycles. The Balaban J connectivity index is 2.18. The van der Waals surface area contributed by atoms with Gasteiger partial charge in [0.25, 0.3) is 0 Å². The van der Waals surface area contributed by atoms with E-state index in [0.717, 1.165) is 25.3 Å². The molecular weight excluding hydrogens is 214 g/mol. The van der Waals surface area contributed by atoms with E-state index in [1.807, 2.05) is 13.8 Å². The lowest BCUT2D eigenvalue weighted by Crippen LogP contribution is -2.27. The van der Waals surface area contributed by atoms with Gasteiger partial charge in [-0.3, -0.25) is 4.79 Å². The molecule has 1 fully saturated rings. The summed E-state index contributed by atoms with van der Waals surface area (Å²) in [5, 5.41) is 9.03. The van der Waals surface area contributed by atoms with Gasteiger partial charge in [-0.05, 0) is 58.5 Å². The molecule has 1 rings (SSSR count). The Morgan fingerprint density at radius 2 is 2.18 bits per heavy atom. The predicted octanol–water partition coefficient (Wildman–Crippen LogP) is 3.00. The molecule has 1 aliphatic rings. The first-order valence-corrected chi connectivity index (χ1v) is 6.91. The monoisotopic (exact) mass is 241 g/mol. The van der Waals surface area contributed by atoms with Gasteiger partial charge in [0.05, 0.1) is 5.41 Å². The Bertz CT molecular complexity index is 251. The maximum atomic E-state index is 11.0. The second-order valence-corrected chi connectivity index (χ2v) is 6.04. The van der Waals surface area contributed by atoms with Crippen LogP contribution in [0, 0.1) is 11.3 Å². The van der Waals surface area contributed by atoms with E-state index >= 15 is 0 Å². The molecule has 1 N–H and O–H groups in total. The molecule has 1 unspecified atom stereocenters. The highest BCUT2D eigenvalue weighted by Gasteiger charge is 2.27. The largest absolute Gasteiger partial charge is 0.481 e.